The molecule has 0 aliphatic carbocycles. The number of thiophene rings is 1. The molecule has 0 bridgehead atoms. The fourth-order valence-corrected chi connectivity index (χ4v) is 5.06. The zero-order valence-electron chi connectivity index (χ0n) is 22.8. The van der Waals surface area contributed by atoms with Gasteiger partial charge < -0.3 is 15.6 Å². The fourth-order valence-electron chi connectivity index (χ4n) is 3.82. The van der Waals surface area contributed by atoms with Crippen LogP contribution in [0, 0.1) is 18.7 Å². The number of hydrogen-bond donors (Lipinski definition) is 2. The van der Waals surface area contributed by atoms with Gasteiger partial charge in [-0.2, -0.15) is 10.2 Å². The number of aromatic nitrogens is 5. The molecule has 0 unspecified atom stereocenters. The second kappa shape index (κ2) is 11.9. The normalized spacial score (nSPS) is 11.5. The summed E-state index contributed by atoms with van der Waals surface area (Å²) in [5, 5.41) is 17.2. The Hall–Kier alpha value is -3.84. The largest absolute Gasteiger partial charge is 0.496 e. The van der Waals surface area contributed by atoms with E-state index in [2.05, 4.69) is 10.2 Å². The summed E-state index contributed by atoms with van der Waals surface area (Å²) in [6, 6.07) is 4.13. The molecule has 3 aromatic heterocycles. The van der Waals surface area contributed by atoms with Gasteiger partial charge in [0.25, 0.3) is 5.56 Å². The Morgan fingerprint density at radius 3 is 2.38 bits per heavy atom. The Bertz CT molecular complexity index is 1590. The summed E-state index contributed by atoms with van der Waals surface area (Å²) < 4.78 is 21.5. The number of fused-ring (bicyclic) bond motifs is 1. The average Bonchev–Trinajstić information content (AvgIpc) is 3.52. The van der Waals surface area contributed by atoms with Crippen LogP contribution in [0.5, 0.6) is 5.75 Å². The predicted molar refractivity (Wildman–Crippen MR) is 147 cm³/mol. The van der Waals surface area contributed by atoms with Crippen molar-refractivity contribution in [3.05, 3.63) is 68.4 Å². The van der Waals surface area contributed by atoms with Crippen molar-refractivity contribution in [2.24, 2.45) is 11.7 Å². The highest BCUT2D eigenvalue weighted by Gasteiger charge is 2.34. The Labute approximate surface area is 228 Å². The number of halogens is 1. The van der Waals surface area contributed by atoms with E-state index < -0.39 is 28.5 Å². The van der Waals surface area contributed by atoms with Gasteiger partial charge in [0.2, 0.25) is 5.91 Å². The summed E-state index contributed by atoms with van der Waals surface area (Å²) in [5.74, 6) is -0.353. The molecule has 0 spiro atoms. The van der Waals surface area contributed by atoms with Crippen LogP contribution in [0.4, 0.5) is 4.39 Å². The molecule has 4 aromatic rings. The van der Waals surface area contributed by atoms with Crippen LogP contribution in [-0.4, -0.2) is 48.9 Å². The van der Waals surface area contributed by atoms with Crippen LogP contribution in [0.1, 0.15) is 38.8 Å². The standard InChI is InChI=1S/C22H23FN6O4S.C4H10O/c1-12-16-17(30)28(22(2,3)20(24)31)21(32)27(19(16)34-18(12)29-25-8-9-26-29)10-7-13-11-14(23)5-6-15(13)33-4;1-4(2)3-5/h5-6,8-9,11H,7,10H2,1-4H3,(H2,24,31);4-5H,3H2,1-2H3. The SMILES string of the molecule is CC(C)CO.COc1ccc(F)cc1CCn1c(=O)n(C(C)(C)C(N)=O)c(=O)c2c(C)c(-n3nccn3)sc21. The maximum Gasteiger partial charge on any atom is 0.333 e. The highest BCUT2D eigenvalue weighted by Crippen LogP contribution is 2.31. The number of aryl methyl sites for hydroxylation is 3. The van der Waals surface area contributed by atoms with Gasteiger partial charge in [0.15, 0.2) is 0 Å². The van der Waals surface area contributed by atoms with Gasteiger partial charge in [0.05, 0.1) is 24.9 Å². The van der Waals surface area contributed by atoms with Crippen molar-refractivity contribution in [3.63, 3.8) is 0 Å². The summed E-state index contributed by atoms with van der Waals surface area (Å²) in [4.78, 5) is 41.0. The molecular weight excluding hydrogens is 527 g/mol. The quantitative estimate of drug-likeness (QED) is 0.336. The second-order valence-corrected chi connectivity index (χ2v) is 10.8. The summed E-state index contributed by atoms with van der Waals surface area (Å²) in [5.41, 5.74) is 3.75. The average molecular weight is 561 g/mol. The molecule has 4 rings (SSSR count). The Morgan fingerprint density at radius 1 is 1.23 bits per heavy atom. The number of primary amides is 1. The van der Waals surface area contributed by atoms with Gasteiger partial charge in [-0.1, -0.05) is 25.2 Å². The number of carbonyl (C=O) groups excluding carboxylic acids is 1. The van der Waals surface area contributed by atoms with E-state index in [4.69, 9.17) is 15.6 Å². The zero-order valence-corrected chi connectivity index (χ0v) is 23.6. The van der Waals surface area contributed by atoms with Gasteiger partial charge in [0.1, 0.15) is 26.9 Å². The van der Waals surface area contributed by atoms with Gasteiger partial charge in [-0.3, -0.25) is 14.2 Å². The molecule has 13 heteroatoms. The summed E-state index contributed by atoms with van der Waals surface area (Å²) in [7, 11) is 1.47. The number of amides is 1. The second-order valence-electron chi connectivity index (χ2n) is 9.81. The predicted octanol–water partition coefficient (Wildman–Crippen LogP) is 2.36. The van der Waals surface area contributed by atoms with Gasteiger partial charge in [-0.05, 0) is 56.9 Å². The molecule has 39 heavy (non-hydrogen) atoms. The number of aliphatic hydroxyl groups is 1. The lowest BCUT2D eigenvalue weighted by Crippen LogP contribution is -2.54. The summed E-state index contributed by atoms with van der Waals surface area (Å²) in [6.45, 7) is 8.91. The van der Waals surface area contributed by atoms with Crippen LogP contribution in [0.2, 0.25) is 0 Å². The van der Waals surface area contributed by atoms with Gasteiger partial charge in [-0.25, -0.2) is 13.8 Å². The molecular formula is C26H33FN6O5S. The molecule has 0 aliphatic rings. The van der Waals surface area contributed by atoms with Crippen molar-refractivity contribution < 1.29 is 19.0 Å². The molecule has 0 fully saturated rings. The van der Waals surface area contributed by atoms with Crippen molar-refractivity contribution in [3.8, 4) is 10.8 Å². The Morgan fingerprint density at radius 2 is 1.85 bits per heavy atom. The molecule has 1 aromatic carbocycles. The topological polar surface area (TPSA) is 147 Å². The minimum Gasteiger partial charge on any atom is -0.496 e. The lowest BCUT2D eigenvalue weighted by Gasteiger charge is -2.24. The number of aliphatic hydroxyl groups excluding tert-OH is 1. The first-order chi connectivity index (χ1) is 18.3. The first kappa shape index (κ1) is 29.7. The Balaban J connectivity index is 0.000000771. The number of methoxy groups -OCH3 is 1. The number of nitrogens with two attached hydrogens (primary N) is 1. The van der Waals surface area contributed by atoms with Gasteiger partial charge in [-0.15, -0.1) is 4.80 Å². The van der Waals surface area contributed by atoms with Crippen molar-refractivity contribution in [2.45, 2.75) is 53.1 Å². The van der Waals surface area contributed by atoms with E-state index in [1.165, 1.54) is 72.3 Å². The van der Waals surface area contributed by atoms with E-state index >= 15 is 0 Å². The van der Waals surface area contributed by atoms with E-state index in [9.17, 15) is 18.8 Å². The van der Waals surface area contributed by atoms with Crippen LogP contribution >= 0.6 is 11.3 Å². The van der Waals surface area contributed by atoms with Gasteiger partial charge in [0, 0.05) is 18.7 Å². The minimum atomic E-state index is -1.58. The highest BCUT2D eigenvalue weighted by molar-refractivity contribution is 7.21. The molecule has 0 saturated heterocycles. The first-order valence-corrected chi connectivity index (χ1v) is 13.1. The molecule has 11 nitrogen and oxygen atoms in total. The van der Waals surface area contributed by atoms with Crippen LogP contribution < -0.4 is 21.7 Å². The van der Waals surface area contributed by atoms with Crippen molar-refractivity contribution in [1.29, 1.82) is 0 Å². The number of rotatable bonds is 8. The summed E-state index contributed by atoms with van der Waals surface area (Å²) >= 11 is 1.18. The number of benzene rings is 1. The smallest absolute Gasteiger partial charge is 0.333 e. The van der Waals surface area contributed by atoms with Crippen molar-refractivity contribution >= 4 is 27.5 Å². The van der Waals surface area contributed by atoms with E-state index in [1.54, 1.807) is 6.92 Å². The van der Waals surface area contributed by atoms with E-state index in [0.29, 0.717) is 39.2 Å². The lowest BCUT2D eigenvalue weighted by molar-refractivity contribution is -0.125. The van der Waals surface area contributed by atoms with E-state index in [1.807, 2.05) is 13.8 Å². The summed E-state index contributed by atoms with van der Waals surface area (Å²) in [6.07, 6.45) is 3.24. The molecule has 0 saturated carbocycles. The van der Waals surface area contributed by atoms with Gasteiger partial charge >= 0.3 is 5.69 Å². The van der Waals surface area contributed by atoms with E-state index in [0.717, 1.165) is 4.57 Å². The van der Waals surface area contributed by atoms with Crippen molar-refractivity contribution in [2.75, 3.05) is 13.7 Å². The molecule has 0 radical (unpaired) electrons. The fraction of sp³-hybridized carbons (Fsp3) is 0.423. The number of carbonyl (C=O) groups is 1. The third kappa shape index (κ3) is 5.93. The molecule has 210 valence electrons. The Kier molecular flexibility index (Phi) is 9.07. The minimum absolute atomic E-state index is 0.0935. The monoisotopic (exact) mass is 560 g/mol. The number of hydrogen-bond acceptors (Lipinski definition) is 8. The third-order valence-corrected chi connectivity index (χ3v) is 7.44. The zero-order chi connectivity index (χ0) is 29.1. The highest BCUT2D eigenvalue weighted by atomic mass is 32.1. The number of ether oxygens (including phenoxy) is 1. The van der Waals surface area contributed by atoms with Crippen molar-refractivity contribution in [1.82, 2.24) is 24.1 Å². The maximum absolute atomic E-state index is 13.9. The lowest BCUT2D eigenvalue weighted by atomic mass is 10.0. The van der Waals surface area contributed by atoms with E-state index in [-0.39, 0.29) is 18.4 Å². The first-order valence-electron chi connectivity index (χ1n) is 12.2. The van der Waals surface area contributed by atoms with Crippen LogP contribution in [0.3, 0.4) is 0 Å². The molecule has 0 atom stereocenters. The number of nitrogens with zero attached hydrogens (tertiary/aromatic N) is 5. The third-order valence-electron chi connectivity index (χ3n) is 6.16. The van der Waals surface area contributed by atoms with Crippen LogP contribution in [-0.2, 0) is 23.3 Å². The van der Waals surface area contributed by atoms with Crippen LogP contribution in [0.25, 0.3) is 15.2 Å². The van der Waals surface area contributed by atoms with Crippen LogP contribution in [0.15, 0.2) is 40.2 Å². The molecule has 3 heterocycles. The molecule has 1 amide bonds. The molecule has 3 N–H and O–H groups in total. The maximum atomic E-state index is 13.9. The molecule has 0 aliphatic heterocycles.